The van der Waals surface area contributed by atoms with Crippen LogP contribution in [-0.4, -0.2) is 4.98 Å². The van der Waals surface area contributed by atoms with Crippen LogP contribution in [-0.2, 0) is 0 Å². The first-order valence-corrected chi connectivity index (χ1v) is 4.90. The third kappa shape index (κ3) is 1.51. The molecule has 1 aromatic heterocycles. The Kier molecular flexibility index (Phi) is 2.52. The van der Waals surface area contributed by atoms with Crippen molar-refractivity contribution in [1.82, 2.24) is 4.98 Å². The summed E-state index contributed by atoms with van der Waals surface area (Å²) in [4.78, 5) is 3.90. The van der Waals surface area contributed by atoms with Gasteiger partial charge in [0.25, 0.3) is 0 Å². The van der Waals surface area contributed by atoms with Gasteiger partial charge in [-0.3, -0.25) is 4.98 Å². The molecule has 17 heavy (non-hydrogen) atoms. The van der Waals surface area contributed by atoms with Crippen LogP contribution >= 0.6 is 0 Å². The lowest BCUT2D eigenvalue weighted by molar-refractivity contribution is 0.990. The first-order chi connectivity index (χ1) is 8.20. The van der Waals surface area contributed by atoms with Gasteiger partial charge < -0.3 is 11.5 Å². The summed E-state index contributed by atoms with van der Waals surface area (Å²) in [5, 5.41) is 18.2. The SMILES string of the molecule is N#CC1=C(N)C(N)=C(C#N)C1c1ccncc1. The Morgan fingerprint density at radius 3 is 1.88 bits per heavy atom. The van der Waals surface area contributed by atoms with Crippen molar-refractivity contribution in [3.63, 3.8) is 0 Å². The first kappa shape index (κ1) is 10.7. The highest BCUT2D eigenvalue weighted by Crippen LogP contribution is 2.39. The fourth-order valence-electron chi connectivity index (χ4n) is 1.88. The molecule has 0 saturated carbocycles. The van der Waals surface area contributed by atoms with E-state index >= 15 is 0 Å². The number of allylic oxidation sites excluding steroid dienone is 2. The maximum Gasteiger partial charge on any atom is 0.0980 e. The highest BCUT2D eigenvalue weighted by atomic mass is 14.7. The van der Waals surface area contributed by atoms with Crippen LogP contribution < -0.4 is 11.5 Å². The van der Waals surface area contributed by atoms with E-state index in [1.54, 1.807) is 24.5 Å². The Bertz CT molecular complexity index is 562. The summed E-state index contributed by atoms with van der Waals surface area (Å²) < 4.78 is 0. The van der Waals surface area contributed by atoms with Gasteiger partial charge in [-0.2, -0.15) is 10.5 Å². The van der Waals surface area contributed by atoms with E-state index in [1.807, 2.05) is 12.1 Å². The van der Waals surface area contributed by atoms with E-state index in [4.69, 9.17) is 22.0 Å². The van der Waals surface area contributed by atoms with Gasteiger partial charge in [0.1, 0.15) is 0 Å². The largest absolute Gasteiger partial charge is 0.396 e. The summed E-state index contributed by atoms with van der Waals surface area (Å²) in [7, 11) is 0. The average Bonchev–Trinajstić information content (AvgIpc) is 2.62. The highest BCUT2D eigenvalue weighted by Gasteiger charge is 2.33. The van der Waals surface area contributed by atoms with Crippen LogP contribution in [0.2, 0.25) is 0 Å². The third-order valence-corrected chi connectivity index (χ3v) is 2.73. The Balaban J connectivity index is 2.62. The molecule has 2 rings (SSSR count). The number of rotatable bonds is 1. The Hall–Kier alpha value is -2.79. The molecule has 0 fully saturated rings. The monoisotopic (exact) mass is 223 g/mol. The van der Waals surface area contributed by atoms with Crippen molar-refractivity contribution in [3.05, 3.63) is 52.6 Å². The van der Waals surface area contributed by atoms with E-state index < -0.39 is 5.92 Å². The number of nitrogens with two attached hydrogens (primary N) is 2. The summed E-state index contributed by atoms with van der Waals surface area (Å²) in [5.74, 6) is -0.465. The fourth-order valence-corrected chi connectivity index (χ4v) is 1.88. The summed E-state index contributed by atoms with van der Waals surface area (Å²) in [6.07, 6.45) is 3.20. The van der Waals surface area contributed by atoms with Crippen molar-refractivity contribution in [3.8, 4) is 12.1 Å². The van der Waals surface area contributed by atoms with E-state index in [9.17, 15) is 0 Å². The molecule has 1 aliphatic carbocycles. The third-order valence-electron chi connectivity index (χ3n) is 2.73. The first-order valence-electron chi connectivity index (χ1n) is 4.90. The van der Waals surface area contributed by atoms with E-state index in [2.05, 4.69) is 4.98 Å². The van der Waals surface area contributed by atoms with Gasteiger partial charge in [0.2, 0.25) is 0 Å². The number of nitriles is 2. The van der Waals surface area contributed by atoms with Crippen molar-refractivity contribution in [2.75, 3.05) is 0 Å². The normalized spacial score (nSPS) is 15.9. The Labute approximate surface area is 98.3 Å². The van der Waals surface area contributed by atoms with E-state index in [-0.39, 0.29) is 11.4 Å². The van der Waals surface area contributed by atoms with Crippen LogP contribution in [0.15, 0.2) is 47.1 Å². The molecule has 5 nitrogen and oxygen atoms in total. The smallest absolute Gasteiger partial charge is 0.0980 e. The van der Waals surface area contributed by atoms with Gasteiger partial charge in [-0.05, 0) is 17.7 Å². The fraction of sp³-hybridized carbons (Fsp3) is 0.0833. The molecular weight excluding hydrogens is 214 g/mol. The molecule has 0 radical (unpaired) electrons. The number of hydrogen-bond acceptors (Lipinski definition) is 5. The van der Waals surface area contributed by atoms with Gasteiger partial charge in [-0.1, -0.05) is 0 Å². The second-order valence-corrected chi connectivity index (χ2v) is 3.59. The standard InChI is InChI=1S/C12H9N5/c13-5-8-10(7-1-3-17-4-2-7)9(6-14)12(16)11(8)15/h1-4,10H,15-16H2. The average molecular weight is 223 g/mol. The molecule has 0 aromatic carbocycles. The molecule has 0 atom stereocenters. The van der Waals surface area contributed by atoms with Crippen LogP contribution in [0.4, 0.5) is 0 Å². The van der Waals surface area contributed by atoms with Gasteiger partial charge in [0, 0.05) is 12.4 Å². The quantitative estimate of drug-likeness (QED) is 0.725. The molecule has 4 N–H and O–H groups in total. The molecule has 1 aliphatic rings. The lowest BCUT2D eigenvalue weighted by Gasteiger charge is -2.10. The molecule has 0 unspecified atom stereocenters. The summed E-state index contributed by atoms with van der Waals surface area (Å²) in [6.45, 7) is 0. The number of pyridine rings is 1. The zero-order valence-corrected chi connectivity index (χ0v) is 8.88. The molecule has 0 aliphatic heterocycles. The number of aromatic nitrogens is 1. The molecule has 0 amide bonds. The predicted molar refractivity (Wildman–Crippen MR) is 60.6 cm³/mol. The highest BCUT2D eigenvalue weighted by molar-refractivity contribution is 5.62. The van der Waals surface area contributed by atoms with Gasteiger partial charge >= 0.3 is 0 Å². The van der Waals surface area contributed by atoms with Gasteiger partial charge in [0.15, 0.2) is 0 Å². The summed E-state index contributed by atoms with van der Waals surface area (Å²) in [6, 6.07) is 7.52. The zero-order valence-electron chi connectivity index (χ0n) is 8.88. The minimum Gasteiger partial charge on any atom is -0.396 e. The molecule has 82 valence electrons. The molecule has 0 spiro atoms. The number of nitrogens with zero attached hydrogens (tertiary/aromatic N) is 3. The molecule has 5 heteroatoms. The Morgan fingerprint density at radius 1 is 1.00 bits per heavy atom. The van der Waals surface area contributed by atoms with E-state index in [0.717, 1.165) is 5.56 Å². The van der Waals surface area contributed by atoms with Crippen molar-refractivity contribution >= 4 is 0 Å². The molecule has 1 heterocycles. The maximum absolute atomic E-state index is 9.10. The van der Waals surface area contributed by atoms with Gasteiger partial charge in [-0.25, -0.2) is 0 Å². The van der Waals surface area contributed by atoms with E-state index in [1.165, 1.54) is 0 Å². The van der Waals surface area contributed by atoms with Crippen LogP contribution in [0.25, 0.3) is 0 Å². The van der Waals surface area contributed by atoms with Crippen molar-refractivity contribution in [1.29, 1.82) is 10.5 Å². The minimum atomic E-state index is -0.465. The topological polar surface area (TPSA) is 113 Å². The van der Waals surface area contributed by atoms with Crippen molar-refractivity contribution in [2.24, 2.45) is 11.5 Å². The Morgan fingerprint density at radius 2 is 1.47 bits per heavy atom. The van der Waals surface area contributed by atoms with Crippen LogP contribution in [0.3, 0.4) is 0 Å². The lowest BCUT2D eigenvalue weighted by Crippen LogP contribution is -2.08. The number of hydrogen-bond donors (Lipinski definition) is 2. The minimum absolute atomic E-state index is 0.200. The van der Waals surface area contributed by atoms with Crippen LogP contribution in [0.1, 0.15) is 11.5 Å². The van der Waals surface area contributed by atoms with Gasteiger partial charge in [0.05, 0.1) is 40.6 Å². The lowest BCUT2D eigenvalue weighted by atomic mass is 9.90. The molecule has 1 aromatic rings. The zero-order chi connectivity index (χ0) is 12.4. The van der Waals surface area contributed by atoms with Crippen LogP contribution in [0.5, 0.6) is 0 Å². The second kappa shape index (κ2) is 3.99. The predicted octanol–water partition coefficient (Wildman–Crippen LogP) is 0.652. The molecule has 0 saturated heterocycles. The van der Waals surface area contributed by atoms with Crippen molar-refractivity contribution < 1.29 is 0 Å². The molecule has 0 bridgehead atoms. The van der Waals surface area contributed by atoms with E-state index in [0.29, 0.717) is 11.1 Å². The molecular formula is C12H9N5. The van der Waals surface area contributed by atoms with Crippen molar-refractivity contribution in [2.45, 2.75) is 5.92 Å². The van der Waals surface area contributed by atoms with Gasteiger partial charge in [-0.15, -0.1) is 0 Å². The summed E-state index contributed by atoms with van der Waals surface area (Å²) in [5.41, 5.74) is 13.3. The summed E-state index contributed by atoms with van der Waals surface area (Å²) >= 11 is 0. The second-order valence-electron chi connectivity index (χ2n) is 3.59. The van der Waals surface area contributed by atoms with Crippen LogP contribution in [0, 0.1) is 22.7 Å². The maximum atomic E-state index is 9.10.